The van der Waals surface area contributed by atoms with E-state index in [1.165, 1.54) is 12.1 Å². The molecule has 1 N–H and O–H groups in total. The van der Waals surface area contributed by atoms with Crippen molar-refractivity contribution in [3.63, 3.8) is 0 Å². The molecule has 1 aliphatic rings. The number of benzene rings is 3. The highest BCUT2D eigenvalue weighted by atomic mass is 35.5. The van der Waals surface area contributed by atoms with E-state index in [4.69, 9.17) is 62.7 Å². The van der Waals surface area contributed by atoms with E-state index in [0.29, 0.717) is 31.9 Å². The standard InChI is InChI=1S/C23H13Cl5N2O3/c24-14-2-1-3-16(9-14)30-22(31)20(29-23(30)32)8-12-6-18(27)21(19(28)7-12)33-11-13-4-5-15(25)10-17(13)26/h1-10H,11H2,(H,29,32)/b20-8+. The zero-order valence-corrected chi connectivity index (χ0v) is 20.3. The maximum Gasteiger partial charge on any atom is 0.333 e. The maximum absolute atomic E-state index is 12.8. The molecule has 0 aliphatic carbocycles. The summed E-state index contributed by atoms with van der Waals surface area (Å²) in [6, 6.07) is 14.0. The van der Waals surface area contributed by atoms with Crippen molar-refractivity contribution in [3.8, 4) is 5.75 Å². The van der Waals surface area contributed by atoms with Crippen LogP contribution in [0.4, 0.5) is 10.5 Å². The molecule has 0 unspecified atom stereocenters. The van der Waals surface area contributed by atoms with Crippen molar-refractivity contribution in [2.45, 2.75) is 6.61 Å². The Balaban J connectivity index is 1.55. The third-order valence-corrected chi connectivity index (χ3v) is 6.05. The molecule has 0 saturated carbocycles. The molecule has 1 aliphatic heterocycles. The second-order valence-electron chi connectivity index (χ2n) is 6.95. The zero-order valence-electron chi connectivity index (χ0n) is 16.5. The molecule has 3 aromatic rings. The van der Waals surface area contributed by atoms with Crippen LogP contribution in [0.3, 0.4) is 0 Å². The fraction of sp³-hybridized carbons (Fsp3) is 0.0435. The van der Waals surface area contributed by atoms with Gasteiger partial charge in [-0.05, 0) is 54.1 Å². The number of anilines is 1. The first-order chi connectivity index (χ1) is 15.7. The van der Waals surface area contributed by atoms with Crippen LogP contribution in [-0.4, -0.2) is 11.9 Å². The fourth-order valence-corrected chi connectivity index (χ4v) is 4.40. The third-order valence-electron chi connectivity index (χ3n) is 4.66. The van der Waals surface area contributed by atoms with Crippen LogP contribution in [-0.2, 0) is 11.4 Å². The molecule has 33 heavy (non-hydrogen) atoms. The molecule has 1 heterocycles. The molecule has 1 saturated heterocycles. The summed E-state index contributed by atoms with van der Waals surface area (Å²) >= 11 is 30.8. The SMILES string of the molecule is O=C1N/C(=C/c2cc(Cl)c(OCc3ccc(Cl)cc3Cl)c(Cl)c2)C(=O)N1c1cccc(Cl)c1. The first kappa shape index (κ1) is 23.7. The van der Waals surface area contributed by atoms with Crippen LogP contribution in [0.5, 0.6) is 5.75 Å². The second-order valence-corrected chi connectivity index (χ2v) is 9.04. The van der Waals surface area contributed by atoms with Crippen LogP contribution in [0, 0.1) is 0 Å². The van der Waals surface area contributed by atoms with Gasteiger partial charge in [-0.3, -0.25) is 4.79 Å². The molecule has 10 heteroatoms. The summed E-state index contributed by atoms with van der Waals surface area (Å²) in [5.74, 6) is -0.277. The van der Waals surface area contributed by atoms with Crippen LogP contribution in [0.2, 0.25) is 25.1 Å². The predicted octanol–water partition coefficient (Wildman–Crippen LogP) is 7.63. The Morgan fingerprint density at radius 3 is 2.21 bits per heavy atom. The van der Waals surface area contributed by atoms with Crippen molar-refractivity contribution in [1.82, 2.24) is 5.32 Å². The van der Waals surface area contributed by atoms with Gasteiger partial charge in [-0.2, -0.15) is 0 Å². The highest BCUT2D eigenvalue weighted by Crippen LogP contribution is 2.36. The number of rotatable bonds is 5. The summed E-state index contributed by atoms with van der Waals surface area (Å²) < 4.78 is 5.75. The Kier molecular flexibility index (Phi) is 7.07. The minimum absolute atomic E-state index is 0.0636. The smallest absolute Gasteiger partial charge is 0.333 e. The number of imide groups is 1. The molecule has 0 bridgehead atoms. The number of nitrogens with zero attached hydrogens (tertiary/aromatic N) is 1. The highest BCUT2D eigenvalue weighted by molar-refractivity contribution is 6.37. The van der Waals surface area contributed by atoms with E-state index in [1.54, 1.807) is 48.5 Å². The average molecular weight is 543 g/mol. The van der Waals surface area contributed by atoms with Crippen LogP contribution >= 0.6 is 58.0 Å². The minimum Gasteiger partial charge on any atom is -0.486 e. The summed E-state index contributed by atoms with van der Waals surface area (Å²) in [4.78, 5) is 26.2. The Morgan fingerprint density at radius 1 is 0.848 bits per heavy atom. The third kappa shape index (κ3) is 5.24. The van der Waals surface area contributed by atoms with Crippen molar-refractivity contribution < 1.29 is 14.3 Å². The quantitative estimate of drug-likeness (QED) is 0.266. The van der Waals surface area contributed by atoms with Gasteiger partial charge in [0.25, 0.3) is 5.91 Å². The number of hydrogen-bond donors (Lipinski definition) is 1. The van der Waals surface area contributed by atoms with Crippen molar-refractivity contribution in [3.05, 3.63) is 96.5 Å². The highest BCUT2D eigenvalue weighted by Gasteiger charge is 2.35. The van der Waals surface area contributed by atoms with Crippen molar-refractivity contribution >= 4 is 81.7 Å². The molecule has 0 radical (unpaired) electrons. The van der Waals surface area contributed by atoms with E-state index in [0.717, 1.165) is 4.90 Å². The largest absolute Gasteiger partial charge is 0.486 e. The van der Waals surface area contributed by atoms with Gasteiger partial charge < -0.3 is 10.1 Å². The monoisotopic (exact) mass is 540 g/mol. The van der Waals surface area contributed by atoms with Crippen LogP contribution in [0.15, 0.2) is 60.3 Å². The lowest BCUT2D eigenvalue weighted by Gasteiger charge is -2.12. The normalized spacial score (nSPS) is 14.7. The van der Waals surface area contributed by atoms with Crippen LogP contribution < -0.4 is 15.0 Å². The van der Waals surface area contributed by atoms with Gasteiger partial charge >= 0.3 is 6.03 Å². The van der Waals surface area contributed by atoms with E-state index >= 15 is 0 Å². The van der Waals surface area contributed by atoms with E-state index in [9.17, 15) is 9.59 Å². The van der Waals surface area contributed by atoms with Gasteiger partial charge in [0.2, 0.25) is 0 Å². The van der Waals surface area contributed by atoms with E-state index in [2.05, 4.69) is 5.32 Å². The number of ether oxygens (including phenoxy) is 1. The number of urea groups is 1. The van der Waals surface area contributed by atoms with Crippen LogP contribution in [0.1, 0.15) is 11.1 Å². The summed E-state index contributed by atoms with van der Waals surface area (Å²) in [5, 5.41) is 4.36. The van der Waals surface area contributed by atoms with Crippen molar-refractivity contribution in [2.24, 2.45) is 0 Å². The van der Waals surface area contributed by atoms with Gasteiger partial charge in [-0.1, -0.05) is 70.1 Å². The molecule has 0 spiro atoms. The molecule has 3 amide bonds. The maximum atomic E-state index is 12.8. The first-order valence-electron chi connectivity index (χ1n) is 9.41. The molecule has 168 valence electrons. The minimum atomic E-state index is -0.592. The molecule has 5 nitrogen and oxygen atoms in total. The van der Waals surface area contributed by atoms with Gasteiger partial charge in [0.15, 0.2) is 5.75 Å². The van der Waals surface area contributed by atoms with E-state index < -0.39 is 11.9 Å². The number of carbonyl (C=O) groups excluding carboxylic acids is 2. The zero-order chi connectivity index (χ0) is 23.7. The van der Waals surface area contributed by atoms with Gasteiger partial charge in [-0.25, -0.2) is 9.69 Å². The number of nitrogens with one attached hydrogen (secondary N) is 1. The lowest BCUT2D eigenvalue weighted by Crippen LogP contribution is -2.30. The number of carbonyl (C=O) groups is 2. The summed E-state index contributed by atoms with van der Waals surface area (Å²) in [6.45, 7) is 0.124. The van der Waals surface area contributed by atoms with E-state index in [1.807, 2.05) is 0 Å². The lowest BCUT2D eigenvalue weighted by atomic mass is 10.1. The topological polar surface area (TPSA) is 58.6 Å². The lowest BCUT2D eigenvalue weighted by molar-refractivity contribution is -0.113. The molecule has 3 aromatic carbocycles. The van der Waals surface area contributed by atoms with Crippen molar-refractivity contribution in [1.29, 1.82) is 0 Å². The Labute approximate surface area is 214 Å². The summed E-state index contributed by atoms with van der Waals surface area (Å²) in [6.07, 6.45) is 1.47. The predicted molar refractivity (Wildman–Crippen MR) is 133 cm³/mol. The molecular formula is C23H13Cl5N2O3. The Hall–Kier alpha value is -2.41. The summed E-state index contributed by atoms with van der Waals surface area (Å²) in [5.41, 5.74) is 1.63. The molecule has 4 rings (SSSR count). The van der Waals surface area contributed by atoms with Crippen LogP contribution in [0.25, 0.3) is 6.08 Å². The Bertz CT molecular complexity index is 1290. The number of amides is 3. The van der Waals surface area contributed by atoms with Gasteiger partial charge in [0, 0.05) is 20.6 Å². The molecule has 0 atom stereocenters. The Morgan fingerprint density at radius 2 is 1.55 bits per heavy atom. The van der Waals surface area contributed by atoms with Gasteiger partial charge in [0.05, 0.1) is 15.7 Å². The van der Waals surface area contributed by atoms with Gasteiger partial charge in [-0.15, -0.1) is 0 Å². The second kappa shape index (κ2) is 9.84. The van der Waals surface area contributed by atoms with Gasteiger partial charge in [0.1, 0.15) is 12.3 Å². The van der Waals surface area contributed by atoms with Crippen molar-refractivity contribution in [2.75, 3.05) is 4.90 Å². The molecule has 0 aromatic heterocycles. The average Bonchev–Trinajstić information content (AvgIpc) is 3.01. The number of halogens is 5. The molecular weight excluding hydrogens is 530 g/mol. The molecule has 1 fully saturated rings. The van der Waals surface area contributed by atoms with E-state index in [-0.39, 0.29) is 28.1 Å². The number of hydrogen-bond acceptors (Lipinski definition) is 3. The fourth-order valence-electron chi connectivity index (χ4n) is 3.14. The summed E-state index contributed by atoms with van der Waals surface area (Å²) in [7, 11) is 0. The first-order valence-corrected chi connectivity index (χ1v) is 11.3.